The summed E-state index contributed by atoms with van der Waals surface area (Å²) in [5, 5.41) is 40.7. The van der Waals surface area contributed by atoms with Crippen LogP contribution in [-0.2, 0) is 23.8 Å². The van der Waals surface area contributed by atoms with Crippen molar-refractivity contribution in [3.63, 3.8) is 0 Å². The van der Waals surface area contributed by atoms with Gasteiger partial charge in [-0.05, 0) is 33.6 Å². The van der Waals surface area contributed by atoms with Gasteiger partial charge in [-0.25, -0.2) is 0 Å². The molecule has 0 amide bonds. The summed E-state index contributed by atoms with van der Waals surface area (Å²) in [5.74, 6) is -2.68. The van der Waals surface area contributed by atoms with Gasteiger partial charge in [0.05, 0.1) is 18.0 Å². The van der Waals surface area contributed by atoms with Crippen molar-refractivity contribution in [2.24, 2.45) is 0 Å². The minimum atomic E-state index is -1.62. The molecule has 1 aliphatic rings. The smallest absolute Gasteiger partial charge is 0.550 e. The Bertz CT molecular complexity index is 590. The third-order valence-electron chi connectivity index (χ3n) is 4.38. The molecule has 1 rings (SSSR count). The summed E-state index contributed by atoms with van der Waals surface area (Å²) in [5.41, 5.74) is 0.243. The number of ether oxygens (including phenoxy) is 3. The number of aliphatic carboxylic acids is 1. The number of aliphatic hydroxyl groups is 3. The molecule has 0 bridgehead atoms. The number of carbonyl (C=O) groups is 2. The Morgan fingerprint density at radius 1 is 1.21 bits per heavy atom. The molecular weight excluding hydrogens is 395 g/mol. The van der Waals surface area contributed by atoms with Crippen LogP contribution < -0.4 is 34.7 Å². The normalized spacial score (nSPS) is 28.4. The van der Waals surface area contributed by atoms with Crippen LogP contribution in [0, 0.1) is 0 Å². The number of carbonyl (C=O) groups excluding carboxylic acids is 2. The van der Waals surface area contributed by atoms with Gasteiger partial charge in [-0.2, -0.15) is 0 Å². The molecule has 1 aliphatic heterocycles. The van der Waals surface area contributed by atoms with Crippen LogP contribution in [0.2, 0.25) is 0 Å². The Morgan fingerprint density at radius 2 is 1.83 bits per heavy atom. The van der Waals surface area contributed by atoms with E-state index in [1.165, 1.54) is 0 Å². The molecule has 10 heteroatoms. The summed E-state index contributed by atoms with van der Waals surface area (Å²) in [6, 6.07) is 0. The maximum absolute atomic E-state index is 11.3. The van der Waals surface area contributed by atoms with Crippen LogP contribution in [0.1, 0.15) is 40.0 Å². The van der Waals surface area contributed by atoms with Gasteiger partial charge in [0.15, 0.2) is 6.29 Å². The Balaban J connectivity index is 0.00000784. The van der Waals surface area contributed by atoms with Crippen molar-refractivity contribution in [3.05, 3.63) is 24.3 Å². The van der Waals surface area contributed by atoms with Crippen LogP contribution in [0.25, 0.3) is 0 Å². The van der Waals surface area contributed by atoms with Crippen molar-refractivity contribution in [2.45, 2.75) is 76.3 Å². The standard InChI is InChI=1S/C19H30O9.Na/c1-5-19(4,8-6-7-11(2)3)28-18-17(25)16(24)15(23)12(27-18)10-26-14(22)9-13(20)21;/h5,7,12,15-18,23-25H,1,6,8-10H2,2-4H3,(H,20,21);/q;+1/p-1/t12-,15-,16+,17-,18+,19-;/m1./s1. The molecule has 1 fully saturated rings. The first-order valence-electron chi connectivity index (χ1n) is 8.99. The number of rotatable bonds is 10. The van der Waals surface area contributed by atoms with Crippen molar-refractivity contribution in [3.8, 4) is 0 Å². The van der Waals surface area contributed by atoms with Gasteiger partial charge in [0.1, 0.15) is 31.0 Å². The second kappa shape index (κ2) is 12.8. The molecule has 6 atom stereocenters. The first-order chi connectivity index (χ1) is 13.0. The predicted octanol–water partition coefficient (Wildman–Crippen LogP) is -3.81. The fourth-order valence-corrected chi connectivity index (χ4v) is 2.62. The van der Waals surface area contributed by atoms with Gasteiger partial charge in [-0.15, -0.1) is 6.58 Å². The van der Waals surface area contributed by atoms with E-state index in [2.05, 4.69) is 6.58 Å². The van der Waals surface area contributed by atoms with Crippen molar-refractivity contribution in [1.82, 2.24) is 0 Å². The molecular formula is C19H29NaO9. The molecule has 0 aromatic heterocycles. The van der Waals surface area contributed by atoms with E-state index in [4.69, 9.17) is 14.2 Å². The monoisotopic (exact) mass is 424 g/mol. The predicted molar refractivity (Wildman–Crippen MR) is 95.6 cm³/mol. The second-order valence-corrected chi connectivity index (χ2v) is 7.20. The third-order valence-corrected chi connectivity index (χ3v) is 4.38. The first-order valence-corrected chi connectivity index (χ1v) is 8.99. The quantitative estimate of drug-likeness (QED) is 0.139. The van der Waals surface area contributed by atoms with Gasteiger partial charge >= 0.3 is 35.5 Å². The molecule has 0 aliphatic carbocycles. The molecule has 0 aromatic carbocycles. The summed E-state index contributed by atoms with van der Waals surface area (Å²) in [7, 11) is 0. The number of aliphatic hydroxyl groups excluding tert-OH is 3. The van der Waals surface area contributed by atoms with E-state index in [1.807, 2.05) is 19.9 Å². The molecule has 160 valence electrons. The van der Waals surface area contributed by atoms with Crippen LogP contribution in [-0.4, -0.2) is 70.2 Å². The van der Waals surface area contributed by atoms with Crippen LogP contribution in [0.5, 0.6) is 0 Å². The van der Waals surface area contributed by atoms with Gasteiger partial charge in [-0.3, -0.25) is 4.79 Å². The molecule has 0 saturated carbocycles. The number of hydrogen-bond acceptors (Lipinski definition) is 9. The SMILES string of the molecule is C=C[C@](C)(CCC=C(C)C)O[C@@H]1O[C@H](COC(=O)CC(=O)[O-])[C@@H](O)[C@H](O)[C@H]1O.[Na+]. The average molecular weight is 424 g/mol. The second-order valence-electron chi connectivity index (χ2n) is 7.20. The van der Waals surface area contributed by atoms with E-state index in [0.717, 1.165) is 5.57 Å². The average Bonchev–Trinajstić information content (AvgIpc) is 2.60. The molecule has 29 heavy (non-hydrogen) atoms. The fourth-order valence-electron chi connectivity index (χ4n) is 2.62. The van der Waals surface area contributed by atoms with E-state index >= 15 is 0 Å². The minimum Gasteiger partial charge on any atom is -0.550 e. The summed E-state index contributed by atoms with van der Waals surface area (Å²) in [6.45, 7) is 8.87. The van der Waals surface area contributed by atoms with Crippen LogP contribution in [0.3, 0.4) is 0 Å². The van der Waals surface area contributed by atoms with Gasteiger partial charge in [0.25, 0.3) is 0 Å². The number of allylic oxidation sites excluding steroid dienone is 2. The van der Waals surface area contributed by atoms with E-state index in [0.29, 0.717) is 12.8 Å². The zero-order valence-corrected chi connectivity index (χ0v) is 19.4. The Morgan fingerprint density at radius 3 is 2.34 bits per heavy atom. The third kappa shape index (κ3) is 9.27. The van der Waals surface area contributed by atoms with Crippen molar-refractivity contribution in [1.29, 1.82) is 0 Å². The maximum atomic E-state index is 11.3. The van der Waals surface area contributed by atoms with E-state index < -0.39 is 61.3 Å². The van der Waals surface area contributed by atoms with Crippen LogP contribution in [0.4, 0.5) is 0 Å². The molecule has 1 heterocycles. The Hall–Kier alpha value is -0.780. The molecule has 9 nitrogen and oxygen atoms in total. The van der Waals surface area contributed by atoms with Crippen molar-refractivity contribution in [2.75, 3.05) is 6.61 Å². The minimum absolute atomic E-state index is 0. The fraction of sp³-hybridized carbons (Fsp3) is 0.684. The molecule has 0 aromatic rings. The maximum Gasteiger partial charge on any atom is 1.00 e. The first kappa shape index (κ1) is 28.2. The molecule has 0 unspecified atom stereocenters. The summed E-state index contributed by atoms with van der Waals surface area (Å²) in [6.07, 6.45) is -3.45. The van der Waals surface area contributed by atoms with E-state index in [-0.39, 0.29) is 29.6 Å². The Kier molecular flexibility index (Phi) is 12.5. The molecule has 0 spiro atoms. The van der Waals surface area contributed by atoms with Gasteiger partial charge in [0, 0.05) is 0 Å². The summed E-state index contributed by atoms with van der Waals surface area (Å²) >= 11 is 0. The number of hydrogen-bond donors (Lipinski definition) is 3. The number of esters is 1. The zero-order chi connectivity index (χ0) is 21.5. The zero-order valence-electron chi connectivity index (χ0n) is 17.4. The molecule has 3 N–H and O–H groups in total. The molecule has 0 radical (unpaired) electrons. The summed E-state index contributed by atoms with van der Waals surface area (Å²) < 4.78 is 16.0. The summed E-state index contributed by atoms with van der Waals surface area (Å²) in [4.78, 5) is 21.7. The number of carboxylic acid groups (broad SMARTS) is 1. The van der Waals surface area contributed by atoms with Gasteiger partial charge < -0.3 is 39.4 Å². The largest absolute Gasteiger partial charge is 1.00 e. The van der Waals surface area contributed by atoms with Crippen molar-refractivity contribution >= 4 is 11.9 Å². The van der Waals surface area contributed by atoms with E-state index in [9.17, 15) is 30.0 Å². The van der Waals surface area contributed by atoms with Crippen molar-refractivity contribution < 1.29 is 73.8 Å². The topological polar surface area (TPSA) is 146 Å². The van der Waals surface area contributed by atoms with Gasteiger partial charge in [0.2, 0.25) is 0 Å². The Labute approximate surface area is 192 Å². The van der Waals surface area contributed by atoms with Crippen LogP contribution >= 0.6 is 0 Å². The van der Waals surface area contributed by atoms with E-state index in [1.54, 1.807) is 13.0 Å². The molecule has 1 saturated heterocycles. The van der Waals surface area contributed by atoms with Crippen LogP contribution in [0.15, 0.2) is 24.3 Å². The van der Waals surface area contributed by atoms with Gasteiger partial charge in [-0.1, -0.05) is 17.7 Å². The number of carboxylic acids is 1.